The number of hydrogen-bond acceptors (Lipinski definition) is 1. The van der Waals surface area contributed by atoms with E-state index in [1.807, 2.05) is 13.8 Å². The van der Waals surface area contributed by atoms with E-state index in [0.717, 1.165) is 13.0 Å². The van der Waals surface area contributed by atoms with Crippen LogP contribution in [0.2, 0.25) is 0 Å². The van der Waals surface area contributed by atoms with Gasteiger partial charge in [-0.25, -0.2) is 4.39 Å². The molecule has 1 saturated carbocycles. The summed E-state index contributed by atoms with van der Waals surface area (Å²) in [7, 11) is 0. The van der Waals surface area contributed by atoms with E-state index in [4.69, 9.17) is 0 Å². The lowest BCUT2D eigenvalue weighted by Gasteiger charge is -2.16. The lowest BCUT2D eigenvalue weighted by molar-refractivity contribution is -0.138. The fourth-order valence-electron chi connectivity index (χ4n) is 1.89. The molecule has 1 fully saturated rings. The highest BCUT2D eigenvalue weighted by Crippen LogP contribution is 2.48. The van der Waals surface area contributed by atoms with Gasteiger partial charge in [0.2, 0.25) is 0 Å². The van der Waals surface area contributed by atoms with Gasteiger partial charge in [-0.1, -0.05) is 13.8 Å². The summed E-state index contributed by atoms with van der Waals surface area (Å²) < 4.78 is 51.5. The van der Waals surface area contributed by atoms with Gasteiger partial charge in [-0.05, 0) is 37.3 Å². The molecule has 0 aliphatic heterocycles. The summed E-state index contributed by atoms with van der Waals surface area (Å²) >= 11 is 0. The number of benzene rings is 1. The lowest BCUT2D eigenvalue weighted by Crippen LogP contribution is -2.12. The molecule has 0 bridgehead atoms. The first-order valence-electron chi connectivity index (χ1n) is 5.91. The highest BCUT2D eigenvalue weighted by Gasteiger charge is 2.41. The number of phenolic OH excluding ortho intramolecular Hbond substituents is 1. The molecule has 0 saturated heterocycles. The van der Waals surface area contributed by atoms with Crippen LogP contribution in [0, 0.1) is 12.7 Å². The minimum atomic E-state index is -4.57. The average Bonchev–Trinajstić information content (AvgIpc) is 3.10. The molecule has 2 rings (SSSR count). The maximum absolute atomic E-state index is 13.2. The zero-order valence-electron chi connectivity index (χ0n) is 10.5. The van der Waals surface area contributed by atoms with E-state index in [1.165, 1.54) is 0 Å². The molecule has 102 valence electrons. The molecule has 0 heterocycles. The van der Waals surface area contributed by atoms with Crippen molar-refractivity contribution in [1.82, 2.24) is 0 Å². The molecular weight excluding hydrogens is 248 g/mol. The monoisotopic (exact) mass is 264 g/mol. The van der Waals surface area contributed by atoms with Gasteiger partial charge in [-0.15, -0.1) is 0 Å². The quantitative estimate of drug-likeness (QED) is 0.725. The van der Waals surface area contributed by atoms with Gasteiger partial charge in [0.05, 0.1) is 5.56 Å². The van der Waals surface area contributed by atoms with Crippen LogP contribution in [0.15, 0.2) is 6.07 Å². The Kier molecular flexibility index (Phi) is 4.24. The predicted octanol–water partition coefficient (Wildman–Crippen LogP) is 4.76. The SMILES string of the molecule is CC.Cc1c(F)c(O)cc(C2CC2)c1C(F)(F)F. The summed E-state index contributed by atoms with van der Waals surface area (Å²) in [5, 5.41) is 9.21. The Balaban J connectivity index is 0.000000771. The van der Waals surface area contributed by atoms with Crippen LogP contribution in [-0.4, -0.2) is 5.11 Å². The van der Waals surface area contributed by atoms with Gasteiger partial charge in [0.25, 0.3) is 0 Å². The third-order valence-corrected chi connectivity index (χ3v) is 2.81. The van der Waals surface area contributed by atoms with E-state index in [9.17, 15) is 22.7 Å². The molecule has 0 spiro atoms. The van der Waals surface area contributed by atoms with Crippen LogP contribution < -0.4 is 0 Å². The van der Waals surface area contributed by atoms with Crippen LogP contribution in [0.5, 0.6) is 5.75 Å². The highest BCUT2D eigenvalue weighted by molar-refractivity contribution is 5.47. The molecular formula is C13H16F4O. The van der Waals surface area contributed by atoms with E-state index < -0.39 is 28.9 Å². The van der Waals surface area contributed by atoms with Crippen LogP contribution in [0.25, 0.3) is 0 Å². The van der Waals surface area contributed by atoms with Crippen molar-refractivity contribution >= 4 is 0 Å². The van der Waals surface area contributed by atoms with Crippen molar-refractivity contribution in [3.63, 3.8) is 0 Å². The summed E-state index contributed by atoms with van der Waals surface area (Å²) in [4.78, 5) is 0. The Morgan fingerprint density at radius 1 is 1.22 bits per heavy atom. The summed E-state index contributed by atoms with van der Waals surface area (Å²) in [6.07, 6.45) is -3.25. The Labute approximate surface area is 103 Å². The Hall–Kier alpha value is -1.26. The van der Waals surface area contributed by atoms with E-state index in [-0.39, 0.29) is 11.5 Å². The fourth-order valence-corrected chi connectivity index (χ4v) is 1.89. The predicted molar refractivity (Wildman–Crippen MR) is 61.1 cm³/mol. The first kappa shape index (κ1) is 14.8. The summed E-state index contributed by atoms with van der Waals surface area (Å²) in [6, 6.07) is 0.906. The molecule has 0 amide bonds. The largest absolute Gasteiger partial charge is 0.505 e. The fraction of sp³-hybridized carbons (Fsp3) is 0.538. The van der Waals surface area contributed by atoms with Gasteiger partial charge >= 0.3 is 6.18 Å². The molecule has 0 radical (unpaired) electrons. The van der Waals surface area contributed by atoms with Crippen molar-refractivity contribution in [3.05, 3.63) is 28.6 Å². The number of rotatable bonds is 1. The van der Waals surface area contributed by atoms with Gasteiger partial charge in [-0.2, -0.15) is 13.2 Å². The summed E-state index contributed by atoms with van der Waals surface area (Å²) in [5.41, 5.74) is -1.43. The van der Waals surface area contributed by atoms with Crippen molar-refractivity contribution in [2.24, 2.45) is 0 Å². The summed E-state index contributed by atoms with van der Waals surface area (Å²) in [5.74, 6) is -2.08. The molecule has 1 aliphatic rings. The van der Waals surface area contributed by atoms with Gasteiger partial charge in [0, 0.05) is 5.56 Å². The highest BCUT2D eigenvalue weighted by atomic mass is 19.4. The number of aromatic hydroxyl groups is 1. The number of hydrogen-bond donors (Lipinski definition) is 1. The molecule has 1 aromatic carbocycles. The van der Waals surface area contributed by atoms with Gasteiger partial charge < -0.3 is 5.11 Å². The smallest absolute Gasteiger partial charge is 0.417 e. The maximum Gasteiger partial charge on any atom is 0.417 e. The number of alkyl halides is 3. The van der Waals surface area contributed by atoms with E-state index >= 15 is 0 Å². The Morgan fingerprint density at radius 3 is 2.11 bits per heavy atom. The maximum atomic E-state index is 13.2. The van der Waals surface area contributed by atoms with E-state index in [1.54, 1.807) is 0 Å². The van der Waals surface area contributed by atoms with Gasteiger partial charge in [0.1, 0.15) is 0 Å². The Morgan fingerprint density at radius 2 is 1.72 bits per heavy atom. The zero-order valence-corrected chi connectivity index (χ0v) is 10.5. The van der Waals surface area contributed by atoms with Gasteiger partial charge in [0.15, 0.2) is 11.6 Å². The molecule has 1 N–H and O–H groups in total. The average molecular weight is 264 g/mol. The standard InChI is InChI=1S/C11H10F4O.C2H6/c1-5-9(11(13,14)15)7(6-2-3-6)4-8(16)10(5)12;1-2/h4,6,16H,2-3H2,1H3;1-2H3. The lowest BCUT2D eigenvalue weighted by atomic mass is 9.97. The second-order valence-corrected chi connectivity index (χ2v) is 4.07. The second-order valence-electron chi connectivity index (χ2n) is 4.07. The molecule has 1 aliphatic carbocycles. The first-order valence-corrected chi connectivity index (χ1v) is 5.91. The topological polar surface area (TPSA) is 20.2 Å². The third-order valence-electron chi connectivity index (χ3n) is 2.81. The molecule has 0 aromatic heterocycles. The molecule has 18 heavy (non-hydrogen) atoms. The molecule has 0 unspecified atom stereocenters. The van der Waals surface area contributed by atoms with E-state index in [2.05, 4.69) is 0 Å². The van der Waals surface area contributed by atoms with Crippen LogP contribution in [0.3, 0.4) is 0 Å². The van der Waals surface area contributed by atoms with Crippen LogP contribution >= 0.6 is 0 Å². The second kappa shape index (κ2) is 5.16. The van der Waals surface area contributed by atoms with Crippen LogP contribution in [-0.2, 0) is 6.18 Å². The first-order chi connectivity index (χ1) is 8.32. The van der Waals surface area contributed by atoms with Crippen molar-refractivity contribution in [2.45, 2.75) is 45.7 Å². The van der Waals surface area contributed by atoms with Gasteiger partial charge in [-0.3, -0.25) is 0 Å². The molecule has 5 heteroatoms. The molecule has 1 nitrogen and oxygen atoms in total. The van der Waals surface area contributed by atoms with Crippen molar-refractivity contribution in [1.29, 1.82) is 0 Å². The minimum Gasteiger partial charge on any atom is -0.505 e. The zero-order chi connectivity index (χ0) is 14.1. The normalized spacial score (nSPS) is 15.1. The van der Waals surface area contributed by atoms with E-state index in [0.29, 0.717) is 12.8 Å². The molecule has 0 atom stereocenters. The van der Waals surface area contributed by atoms with Crippen molar-refractivity contribution in [3.8, 4) is 5.75 Å². The number of halogens is 4. The van der Waals surface area contributed by atoms with Crippen LogP contribution in [0.4, 0.5) is 17.6 Å². The number of phenols is 1. The van der Waals surface area contributed by atoms with Crippen molar-refractivity contribution in [2.75, 3.05) is 0 Å². The van der Waals surface area contributed by atoms with Crippen molar-refractivity contribution < 1.29 is 22.7 Å². The Bertz CT molecular complexity index is 434. The third kappa shape index (κ3) is 2.76. The molecule has 1 aromatic rings. The summed E-state index contributed by atoms with van der Waals surface area (Å²) in [6.45, 7) is 5.05. The minimum absolute atomic E-state index is 0.0175. The van der Waals surface area contributed by atoms with Crippen LogP contribution in [0.1, 0.15) is 49.3 Å².